The third-order valence-corrected chi connectivity index (χ3v) is 4.66. The van der Waals surface area contributed by atoms with Crippen LogP contribution >= 0.6 is 11.6 Å². The summed E-state index contributed by atoms with van der Waals surface area (Å²) in [5, 5.41) is 0.481. The molecule has 2 aliphatic rings. The van der Waals surface area contributed by atoms with Gasteiger partial charge < -0.3 is 16.2 Å². The van der Waals surface area contributed by atoms with Crippen LogP contribution in [0, 0.1) is 0 Å². The number of hydrogen-bond donors (Lipinski definition) is 2. The van der Waals surface area contributed by atoms with E-state index in [2.05, 4.69) is 4.99 Å². The predicted octanol–water partition coefficient (Wildman–Crippen LogP) is 1.29. The lowest BCUT2D eigenvalue weighted by atomic mass is 9.73. The smallest absolute Gasteiger partial charge is 0.219 e. The Bertz CT molecular complexity index is 691. The van der Waals surface area contributed by atoms with Crippen molar-refractivity contribution >= 4 is 29.2 Å². The molecular weight excluding hydrogens is 318 g/mol. The van der Waals surface area contributed by atoms with Crippen molar-refractivity contribution in [2.24, 2.45) is 16.5 Å². The Morgan fingerprint density at radius 2 is 2.22 bits per heavy atom. The summed E-state index contributed by atoms with van der Waals surface area (Å²) < 4.78 is 5.64. The van der Waals surface area contributed by atoms with Gasteiger partial charge in [0.15, 0.2) is 11.6 Å². The Kier molecular flexibility index (Phi) is 4.12. The van der Waals surface area contributed by atoms with E-state index in [1.807, 2.05) is 6.07 Å². The number of hydrogen-bond acceptors (Lipinski definition) is 5. The lowest BCUT2D eigenvalue weighted by molar-refractivity contribution is -0.137. The van der Waals surface area contributed by atoms with E-state index < -0.39 is 23.6 Å². The molecule has 2 bridgehead atoms. The first-order valence-electron chi connectivity index (χ1n) is 7.53. The summed E-state index contributed by atoms with van der Waals surface area (Å²) in [7, 11) is 0. The largest absolute Gasteiger partial charge is 0.468 e. The molecule has 3 rings (SSSR count). The molecule has 0 spiro atoms. The van der Waals surface area contributed by atoms with Crippen molar-refractivity contribution < 1.29 is 14.3 Å². The Balaban J connectivity index is 2.09. The van der Waals surface area contributed by atoms with Crippen LogP contribution in [0.4, 0.5) is 0 Å². The molecule has 1 heterocycles. The van der Waals surface area contributed by atoms with Gasteiger partial charge in [0.2, 0.25) is 17.6 Å². The van der Waals surface area contributed by atoms with Crippen LogP contribution in [0.3, 0.4) is 0 Å². The highest BCUT2D eigenvalue weighted by Gasteiger charge is 2.52. The molecule has 1 aliphatic carbocycles. The van der Waals surface area contributed by atoms with Crippen molar-refractivity contribution in [1.29, 1.82) is 0 Å². The molecule has 1 aliphatic heterocycles. The van der Waals surface area contributed by atoms with Gasteiger partial charge in [0.25, 0.3) is 0 Å². The minimum atomic E-state index is -1.08. The van der Waals surface area contributed by atoms with E-state index in [4.69, 9.17) is 27.8 Å². The number of nitrogens with zero attached hydrogens (tertiary/aromatic N) is 1. The molecule has 122 valence electrons. The maximum Gasteiger partial charge on any atom is 0.219 e. The fourth-order valence-corrected chi connectivity index (χ4v) is 3.54. The fourth-order valence-electron chi connectivity index (χ4n) is 3.25. The quantitative estimate of drug-likeness (QED) is 0.864. The highest BCUT2D eigenvalue weighted by atomic mass is 35.5. The number of benzene rings is 1. The van der Waals surface area contributed by atoms with E-state index in [1.54, 1.807) is 18.2 Å². The van der Waals surface area contributed by atoms with Crippen molar-refractivity contribution in [2.45, 2.75) is 43.4 Å². The molecule has 3 atom stereocenters. The van der Waals surface area contributed by atoms with Gasteiger partial charge in [-0.1, -0.05) is 29.8 Å². The molecule has 4 N–H and O–H groups in total. The van der Waals surface area contributed by atoms with Gasteiger partial charge in [0.05, 0.1) is 12.5 Å². The number of ketones is 1. The number of fused-ring (bicyclic) bond motifs is 2. The highest BCUT2D eigenvalue weighted by Crippen LogP contribution is 2.44. The number of carbonyl (C=O) groups is 2. The van der Waals surface area contributed by atoms with Crippen LogP contribution in [-0.2, 0) is 19.9 Å². The van der Waals surface area contributed by atoms with Gasteiger partial charge in [-0.25, -0.2) is 4.99 Å². The Morgan fingerprint density at radius 1 is 1.48 bits per heavy atom. The van der Waals surface area contributed by atoms with Crippen LogP contribution < -0.4 is 11.5 Å². The van der Waals surface area contributed by atoms with Gasteiger partial charge >= 0.3 is 0 Å². The van der Waals surface area contributed by atoms with E-state index in [0.717, 1.165) is 6.42 Å². The fraction of sp³-hybridized carbons (Fsp3) is 0.438. The Labute approximate surface area is 138 Å². The SMILES string of the molecule is NC(=O)C[C@H](N)C1=N[C@]2(c3ccccc3Cl)CCC[C@H](O1)C2=O. The average Bonchev–Trinajstić information content (AvgIpc) is 2.47. The van der Waals surface area contributed by atoms with Crippen molar-refractivity contribution in [3.05, 3.63) is 34.9 Å². The number of amides is 1. The van der Waals surface area contributed by atoms with Crippen LogP contribution in [0.5, 0.6) is 0 Å². The first-order chi connectivity index (χ1) is 10.9. The second kappa shape index (κ2) is 5.94. The lowest BCUT2D eigenvalue weighted by Gasteiger charge is -2.42. The molecule has 6 nitrogen and oxygen atoms in total. The number of halogens is 1. The summed E-state index contributed by atoms with van der Waals surface area (Å²) in [6.45, 7) is 0. The molecule has 0 unspecified atom stereocenters. The molecular formula is C16H18ClN3O3. The first kappa shape index (κ1) is 16.0. The maximum absolute atomic E-state index is 12.8. The van der Waals surface area contributed by atoms with Crippen LogP contribution in [0.15, 0.2) is 29.3 Å². The van der Waals surface area contributed by atoms with Gasteiger partial charge in [-0.2, -0.15) is 0 Å². The number of rotatable bonds is 4. The van der Waals surface area contributed by atoms with E-state index >= 15 is 0 Å². The third-order valence-electron chi connectivity index (χ3n) is 4.33. The van der Waals surface area contributed by atoms with Gasteiger partial charge in [0, 0.05) is 10.6 Å². The van der Waals surface area contributed by atoms with E-state index in [9.17, 15) is 9.59 Å². The van der Waals surface area contributed by atoms with Crippen molar-refractivity contribution in [2.75, 3.05) is 0 Å². The van der Waals surface area contributed by atoms with Crippen molar-refractivity contribution in [3.8, 4) is 0 Å². The van der Waals surface area contributed by atoms with Crippen molar-refractivity contribution in [3.63, 3.8) is 0 Å². The van der Waals surface area contributed by atoms with Crippen LogP contribution in [0.1, 0.15) is 31.2 Å². The zero-order valence-electron chi connectivity index (χ0n) is 12.5. The summed E-state index contributed by atoms with van der Waals surface area (Å²) in [6, 6.07) is 6.39. The summed E-state index contributed by atoms with van der Waals surface area (Å²) >= 11 is 6.31. The van der Waals surface area contributed by atoms with Gasteiger partial charge in [0.1, 0.15) is 0 Å². The predicted molar refractivity (Wildman–Crippen MR) is 86.1 cm³/mol. The summed E-state index contributed by atoms with van der Waals surface area (Å²) in [5.74, 6) is -0.447. The molecule has 0 aromatic heterocycles. The van der Waals surface area contributed by atoms with Gasteiger partial charge in [-0.15, -0.1) is 0 Å². The third kappa shape index (κ3) is 2.72. The minimum Gasteiger partial charge on any atom is -0.468 e. The molecule has 1 amide bonds. The molecule has 7 heteroatoms. The number of aliphatic imine (C=N–C) groups is 1. The van der Waals surface area contributed by atoms with Crippen molar-refractivity contribution in [1.82, 2.24) is 0 Å². The zero-order chi connectivity index (χ0) is 16.6. The van der Waals surface area contributed by atoms with Crippen LogP contribution in [0.25, 0.3) is 0 Å². The summed E-state index contributed by atoms with van der Waals surface area (Å²) in [6.07, 6.45) is 1.25. The Morgan fingerprint density at radius 3 is 2.91 bits per heavy atom. The van der Waals surface area contributed by atoms with E-state index in [0.29, 0.717) is 23.4 Å². The number of carbonyl (C=O) groups excluding carboxylic acids is 2. The van der Waals surface area contributed by atoms with Gasteiger partial charge in [-0.3, -0.25) is 9.59 Å². The number of nitrogens with two attached hydrogens (primary N) is 2. The van der Waals surface area contributed by atoms with Crippen LogP contribution in [-0.4, -0.2) is 29.7 Å². The Hall–Kier alpha value is -1.92. The normalized spacial score (nSPS) is 27.8. The number of Topliss-reactive ketones (excluding diaryl/α,β-unsaturated/α-hetero) is 1. The van der Waals surface area contributed by atoms with Gasteiger partial charge in [-0.05, 0) is 25.3 Å². The monoisotopic (exact) mass is 335 g/mol. The van der Waals surface area contributed by atoms with E-state index in [-0.39, 0.29) is 18.1 Å². The standard InChI is InChI=1S/C16H18ClN3O3/c17-10-5-2-1-4-9(10)16-7-3-6-12(14(16)22)23-15(20-16)11(18)8-13(19)21/h1-2,4-5,11-12H,3,6-8,18H2,(H2,19,21)/t11-,12-,16-/m0/s1. The minimum absolute atomic E-state index is 0.0850. The molecule has 0 saturated heterocycles. The molecule has 0 radical (unpaired) electrons. The molecule has 1 saturated carbocycles. The average molecular weight is 336 g/mol. The lowest BCUT2D eigenvalue weighted by Crippen LogP contribution is -2.54. The number of ether oxygens (including phenoxy) is 1. The number of primary amides is 1. The summed E-state index contributed by atoms with van der Waals surface area (Å²) in [5.41, 5.74) is 10.7. The topological polar surface area (TPSA) is 108 Å². The van der Waals surface area contributed by atoms with E-state index in [1.165, 1.54) is 0 Å². The highest BCUT2D eigenvalue weighted by molar-refractivity contribution is 6.32. The second-order valence-corrected chi connectivity index (χ2v) is 6.34. The maximum atomic E-state index is 12.8. The molecule has 1 aromatic carbocycles. The summed E-state index contributed by atoms with van der Waals surface area (Å²) in [4.78, 5) is 28.5. The molecule has 23 heavy (non-hydrogen) atoms. The van der Waals surface area contributed by atoms with Crippen LogP contribution in [0.2, 0.25) is 5.02 Å². The molecule has 1 aromatic rings. The molecule has 1 fully saturated rings. The first-order valence-corrected chi connectivity index (χ1v) is 7.91. The second-order valence-electron chi connectivity index (χ2n) is 5.93. The zero-order valence-corrected chi connectivity index (χ0v) is 13.3.